The molecule has 0 amide bonds. The maximum absolute atomic E-state index is 4.19. The van der Waals surface area contributed by atoms with Gasteiger partial charge in [0.2, 0.25) is 0 Å². The van der Waals surface area contributed by atoms with Crippen molar-refractivity contribution in [3.05, 3.63) is 101 Å². The highest BCUT2D eigenvalue weighted by atomic mass is 15.2. The van der Waals surface area contributed by atoms with E-state index in [0.29, 0.717) is 12.1 Å². The van der Waals surface area contributed by atoms with Gasteiger partial charge in [-0.3, -0.25) is 14.8 Å². The van der Waals surface area contributed by atoms with Crippen molar-refractivity contribution in [3.63, 3.8) is 0 Å². The predicted molar refractivity (Wildman–Crippen MR) is 132 cm³/mol. The number of nitrogens with zero attached hydrogens (tertiary/aromatic N) is 3. The molecule has 0 N–H and O–H groups in total. The van der Waals surface area contributed by atoms with E-state index in [9.17, 15) is 0 Å². The van der Waals surface area contributed by atoms with Crippen LogP contribution in [0, 0.1) is 5.92 Å². The molecule has 0 bridgehead atoms. The lowest BCUT2D eigenvalue weighted by Crippen LogP contribution is -2.48. The Morgan fingerprint density at radius 2 is 1.47 bits per heavy atom. The zero-order chi connectivity index (χ0) is 21.8. The van der Waals surface area contributed by atoms with Crippen molar-refractivity contribution in [1.29, 1.82) is 0 Å². The Balaban J connectivity index is 1.25. The van der Waals surface area contributed by atoms with E-state index in [4.69, 9.17) is 0 Å². The largest absolute Gasteiger partial charge is 0.300 e. The van der Waals surface area contributed by atoms with E-state index in [1.807, 2.05) is 12.4 Å². The Labute approximate surface area is 193 Å². The summed E-state index contributed by atoms with van der Waals surface area (Å²) in [4.78, 5) is 9.56. The van der Waals surface area contributed by atoms with Gasteiger partial charge in [0.05, 0.1) is 0 Å². The highest BCUT2D eigenvalue weighted by Gasteiger charge is 2.33. The third-order valence-electron chi connectivity index (χ3n) is 7.70. The van der Waals surface area contributed by atoms with Crippen molar-refractivity contribution in [1.82, 2.24) is 14.8 Å². The molecule has 1 aliphatic heterocycles. The first-order chi connectivity index (χ1) is 15.8. The summed E-state index contributed by atoms with van der Waals surface area (Å²) in [6.45, 7) is 3.45. The summed E-state index contributed by atoms with van der Waals surface area (Å²) in [5.74, 6) is 0.738. The summed E-state index contributed by atoms with van der Waals surface area (Å²) in [6.07, 6.45) is 10.0. The molecule has 1 aliphatic carbocycles. The second-order valence-corrected chi connectivity index (χ2v) is 9.73. The van der Waals surface area contributed by atoms with Gasteiger partial charge in [-0.05, 0) is 92.5 Å². The van der Waals surface area contributed by atoms with E-state index in [0.717, 1.165) is 18.9 Å². The van der Waals surface area contributed by atoms with E-state index >= 15 is 0 Å². The minimum absolute atomic E-state index is 0.563. The number of aromatic nitrogens is 1. The maximum Gasteiger partial charge on any atom is 0.0271 e. The molecule has 2 aromatic carbocycles. The Morgan fingerprint density at radius 3 is 2.12 bits per heavy atom. The van der Waals surface area contributed by atoms with Crippen LogP contribution in [0.1, 0.15) is 35.1 Å². The minimum atomic E-state index is 0.563. The van der Waals surface area contributed by atoms with Crippen LogP contribution >= 0.6 is 0 Å². The fourth-order valence-electron chi connectivity index (χ4n) is 5.89. The smallest absolute Gasteiger partial charge is 0.0271 e. The number of piperidine rings is 1. The van der Waals surface area contributed by atoms with E-state index < -0.39 is 0 Å². The van der Waals surface area contributed by atoms with Crippen molar-refractivity contribution in [2.45, 2.75) is 50.7 Å². The topological polar surface area (TPSA) is 19.4 Å². The molecule has 2 heterocycles. The summed E-state index contributed by atoms with van der Waals surface area (Å²) < 4.78 is 0. The number of hydrogen-bond acceptors (Lipinski definition) is 3. The van der Waals surface area contributed by atoms with E-state index in [2.05, 4.69) is 88.6 Å². The van der Waals surface area contributed by atoms with Crippen molar-refractivity contribution < 1.29 is 0 Å². The van der Waals surface area contributed by atoms with Crippen molar-refractivity contribution >= 4 is 0 Å². The van der Waals surface area contributed by atoms with Crippen LogP contribution in [0.5, 0.6) is 0 Å². The van der Waals surface area contributed by atoms with Gasteiger partial charge in [0, 0.05) is 31.0 Å². The number of hydrogen-bond donors (Lipinski definition) is 0. The first-order valence-electron chi connectivity index (χ1n) is 12.2. The molecule has 1 fully saturated rings. The average molecular weight is 426 g/mol. The standard InChI is InChI=1S/C29H35N3/c1-31(22-24-11-15-30-16-12-24)29(19-23-7-3-2-4-8-23)25-13-17-32(18-14-25)28-20-26-9-5-6-10-27(26)21-28/h2-12,15-16,25,28-29H,13-14,17-22H2,1H3/t29-/m0/s1. The SMILES string of the molecule is CN(Cc1ccncc1)[C@@H](Cc1ccccc1)C1CCN(C2Cc3ccccc3C2)CC1. The van der Waals surface area contributed by atoms with Gasteiger partial charge in [-0.2, -0.15) is 0 Å². The summed E-state index contributed by atoms with van der Waals surface area (Å²) in [7, 11) is 2.31. The summed E-state index contributed by atoms with van der Waals surface area (Å²) in [5, 5.41) is 0. The molecule has 3 aromatic rings. The molecule has 32 heavy (non-hydrogen) atoms. The van der Waals surface area contributed by atoms with Crippen LogP contribution < -0.4 is 0 Å². The summed E-state index contributed by atoms with van der Waals surface area (Å²) in [5.41, 5.74) is 5.94. The maximum atomic E-state index is 4.19. The molecule has 1 aromatic heterocycles. The molecule has 5 rings (SSSR count). The van der Waals surface area contributed by atoms with Gasteiger partial charge in [0.15, 0.2) is 0 Å². The molecule has 0 radical (unpaired) electrons. The first-order valence-corrected chi connectivity index (χ1v) is 12.2. The van der Waals surface area contributed by atoms with Crippen LogP contribution in [-0.2, 0) is 25.8 Å². The Hall–Kier alpha value is -2.49. The lowest BCUT2D eigenvalue weighted by Gasteiger charge is -2.42. The molecule has 0 spiro atoms. The monoisotopic (exact) mass is 425 g/mol. The molecule has 1 atom stereocenters. The van der Waals surface area contributed by atoms with E-state index in [-0.39, 0.29) is 0 Å². The number of likely N-dealkylation sites (N-methyl/N-ethyl adjacent to an activating group) is 1. The molecule has 0 saturated carbocycles. The van der Waals surface area contributed by atoms with Crippen LogP contribution in [-0.4, -0.2) is 47.0 Å². The van der Waals surface area contributed by atoms with Crippen molar-refractivity contribution in [2.24, 2.45) is 5.92 Å². The molecular weight excluding hydrogens is 390 g/mol. The normalized spacial score (nSPS) is 18.7. The molecule has 166 valence electrons. The molecule has 1 saturated heterocycles. The lowest BCUT2D eigenvalue weighted by atomic mass is 9.84. The second-order valence-electron chi connectivity index (χ2n) is 9.73. The van der Waals surface area contributed by atoms with Crippen LogP contribution in [0.4, 0.5) is 0 Å². The number of rotatable bonds is 7. The third-order valence-corrected chi connectivity index (χ3v) is 7.70. The van der Waals surface area contributed by atoms with Gasteiger partial charge in [-0.25, -0.2) is 0 Å². The predicted octanol–water partition coefficient (Wildman–Crippen LogP) is 5.00. The van der Waals surface area contributed by atoms with Crippen LogP contribution in [0.3, 0.4) is 0 Å². The van der Waals surface area contributed by atoms with E-state index in [1.54, 1.807) is 11.1 Å². The van der Waals surface area contributed by atoms with Crippen molar-refractivity contribution in [2.75, 3.05) is 20.1 Å². The number of fused-ring (bicyclic) bond motifs is 1. The molecule has 3 nitrogen and oxygen atoms in total. The highest BCUT2D eigenvalue weighted by molar-refractivity contribution is 5.33. The van der Waals surface area contributed by atoms with Crippen LogP contribution in [0.15, 0.2) is 79.1 Å². The Morgan fingerprint density at radius 1 is 0.844 bits per heavy atom. The fraction of sp³-hybridized carbons (Fsp3) is 0.414. The molecule has 3 heteroatoms. The number of likely N-dealkylation sites (tertiary alicyclic amines) is 1. The molecular formula is C29H35N3. The van der Waals surface area contributed by atoms with Gasteiger partial charge >= 0.3 is 0 Å². The summed E-state index contributed by atoms with van der Waals surface area (Å²) >= 11 is 0. The Bertz CT molecular complexity index is 955. The third kappa shape index (κ3) is 4.95. The fourth-order valence-corrected chi connectivity index (χ4v) is 5.89. The van der Waals surface area contributed by atoms with Gasteiger partial charge in [-0.15, -0.1) is 0 Å². The minimum Gasteiger partial charge on any atom is -0.300 e. The van der Waals surface area contributed by atoms with Crippen LogP contribution in [0.25, 0.3) is 0 Å². The quantitative estimate of drug-likeness (QED) is 0.531. The zero-order valence-electron chi connectivity index (χ0n) is 19.2. The second kappa shape index (κ2) is 9.97. The Kier molecular flexibility index (Phi) is 6.66. The van der Waals surface area contributed by atoms with Gasteiger partial charge < -0.3 is 0 Å². The highest BCUT2D eigenvalue weighted by Crippen LogP contribution is 2.32. The first kappa shape index (κ1) is 21.4. The zero-order valence-corrected chi connectivity index (χ0v) is 19.2. The number of pyridine rings is 1. The van der Waals surface area contributed by atoms with Crippen LogP contribution in [0.2, 0.25) is 0 Å². The lowest BCUT2D eigenvalue weighted by molar-refractivity contribution is 0.0789. The summed E-state index contributed by atoms with van der Waals surface area (Å²) in [6, 6.07) is 25.7. The van der Waals surface area contributed by atoms with Gasteiger partial charge in [0.1, 0.15) is 0 Å². The molecule has 0 unspecified atom stereocenters. The van der Waals surface area contributed by atoms with Crippen molar-refractivity contribution in [3.8, 4) is 0 Å². The average Bonchev–Trinajstić information content (AvgIpc) is 3.28. The van der Waals surface area contributed by atoms with Gasteiger partial charge in [-0.1, -0.05) is 54.6 Å². The number of benzene rings is 2. The van der Waals surface area contributed by atoms with Gasteiger partial charge in [0.25, 0.3) is 0 Å². The van der Waals surface area contributed by atoms with E-state index in [1.165, 1.54) is 49.9 Å². The molecule has 2 aliphatic rings.